The normalized spacial score (nSPS) is 14.7. The standard InChI is InChI=1S/C11H7N3O4/c12-6-7-1-2-8(9(5-7)14(17)18)13-10(15)3-4-11(13)16/h1-2,5H,3-4H2. The van der Waals surface area contributed by atoms with E-state index in [4.69, 9.17) is 5.26 Å². The minimum Gasteiger partial charge on any atom is -0.274 e. The van der Waals surface area contributed by atoms with E-state index in [1.54, 1.807) is 6.07 Å². The van der Waals surface area contributed by atoms with Crippen LogP contribution in [0.1, 0.15) is 18.4 Å². The van der Waals surface area contributed by atoms with E-state index in [2.05, 4.69) is 0 Å². The van der Waals surface area contributed by atoms with Crippen molar-refractivity contribution in [2.75, 3.05) is 4.90 Å². The second-order valence-electron chi connectivity index (χ2n) is 3.70. The second kappa shape index (κ2) is 4.25. The van der Waals surface area contributed by atoms with Crippen molar-refractivity contribution >= 4 is 23.2 Å². The summed E-state index contributed by atoms with van der Waals surface area (Å²) in [5, 5.41) is 19.6. The van der Waals surface area contributed by atoms with Gasteiger partial charge < -0.3 is 0 Å². The third kappa shape index (κ3) is 1.80. The van der Waals surface area contributed by atoms with Crippen LogP contribution in [0.5, 0.6) is 0 Å². The lowest BCUT2D eigenvalue weighted by molar-refractivity contribution is -0.384. The molecule has 1 saturated heterocycles. The molecule has 90 valence electrons. The quantitative estimate of drug-likeness (QED) is 0.441. The van der Waals surface area contributed by atoms with E-state index in [0.29, 0.717) is 0 Å². The van der Waals surface area contributed by atoms with Gasteiger partial charge in [-0.1, -0.05) is 0 Å². The van der Waals surface area contributed by atoms with Gasteiger partial charge in [0.2, 0.25) is 11.8 Å². The van der Waals surface area contributed by atoms with E-state index in [9.17, 15) is 19.7 Å². The molecule has 1 fully saturated rings. The fourth-order valence-electron chi connectivity index (χ4n) is 1.77. The molecule has 2 rings (SSSR count). The number of nitriles is 1. The molecule has 0 atom stereocenters. The summed E-state index contributed by atoms with van der Waals surface area (Å²) < 4.78 is 0. The van der Waals surface area contributed by atoms with Crippen molar-refractivity contribution in [2.45, 2.75) is 12.8 Å². The van der Waals surface area contributed by atoms with Crippen LogP contribution in [0, 0.1) is 21.4 Å². The van der Waals surface area contributed by atoms with Gasteiger partial charge >= 0.3 is 0 Å². The summed E-state index contributed by atoms with van der Waals surface area (Å²) in [5.41, 5.74) is -0.395. The lowest BCUT2D eigenvalue weighted by atomic mass is 10.1. The molecular formula is C11H7N3O4. The number of nitro groups is 1. The van der Waals surface area contributed by atoms with Crippen molar-refractivity contribution < 1.29 is 14.5 Å². The number of imide groups is 1. The molecule has 7 heteroatoms. The summed E-state index contributed by atoms with van der Waals surface area (Å²) in [6.07, 6.45) is 0.103. The number of amides is 2. The predicted molar refractivity (Wildman–Crippen MR) is 59.5 cm³/mol. The summed E-state index contributed by atoms with van der Waals surface area (Å²) in [6, 6.07) is 5.40. The molecule has 1 aliphatic heterocycles. The molecule has 0 bridgehead atoms. The van der Waals surface area contributed by atoms with Crippen molar-refractivity contribution in [2.24, 2.45) is 0 Å². The SMILES string of the molecule is N#Cc1ccc(N2C(=O)CCC2=O)c([N+](=O)[O-])c1. The van der Waals surface area contributed by atoms with Crippen molar-refractivity contribution in [3.63, 3.8) is 0 Å². The van der Waals surface area contributed by atoms with Crippen molar-refractivity contribution in [1.82, 2.24) is 0 Å². The van der Waals surface area contributed by atoms with Gasteiger partial charge in [-0.2, -0.15) is 5.26 Å². The number of nitrogens with zero attached hydrogens (tertiary/aromatic N) is 3. The van der Waals surface area contributed by atoms with Gasteiger partial charge in [-0.15, -0.1) is 0 Å². The Hall–Kier alpha value is -2.75. The first-order chi connectivity index (χ1) is 8.54. The molecule has 1 aromatic carbocycles. The van der Waals surface area contributed by atoms with Crippen molar-refractivity contribution in [3.05, 3.63) is 33.9 Å². The van der Waals surface area contributed by atoms with Crippen LogP contribution in [0.4, 0.5) is 11.4 Å². The van der Waals surface area contributed by atoms with E-state index >= 15 is 0 Å². The van der Waals surface area contributed by atoms with Crippen LogP contribution in [0.3, 0.4) is 0 Å². The molecular weight excluding hydrogens is 238 g/mol. The predicted octanol–water partition coefficient (Wildman–Crippen LogP) is 1.12. The van der Waals surface area contributed by atoms with Gasteiger partial charge in [-0.3, -0.25) is 19.7 Å². The minimum atomic E-state index is -0.713. The number of anilines is 1. The zero-order valence-electron chi connectivity index (χ0n) is 9.12. The molecule has 1 heterocycles. The van der Waals surface area contributed by atoms with E-state index < -0.39 is 22.4 Å². The fraction of sp³-hybridized carbons (Fsp3) is 0.182. The van der Waals surface area contributed by atoms with Crippen molar-refractivity contribution in [1.29, 1.82) is 5.26 Å². The Labute approximate surface area is 101 Å². The lowest BCUT2D eigenvalue weighted by Crippen LogP contribution is -2.29. The Morgan fingerprint density at radius 1 is 1.28 bits per heavy atom. The van der Waals surface area contributed by atoms with Gasteiger partial charge in [-0.25, -0.2) is 4.90 Å². The van der Waals surface area contributed by atoms with Crippen LogP contribution in [0.25, 0.3) is 0 Å². The molecule has 0 spiro atoms. The number of nitro benzene ring substituents is 1. The first-order valence-corrected chi connectivity index (χ1v) is 5.09. The Balaban J connectivity index is 2.57. The number of hydrogen-bond donors (Lipinski definition) is 0. The van der Waals surface area contributed by atoms with Gasteiger partial charge in [0.05, 0.1) is 16.6 Å². The minimum absolute atomic E-state index is 0.0516. The number of hydrogen-bond acceptors (Lipinski definition) is 5. The molecule has 0 radical (unpaired) electrons. The van der Waals surface area contributed by atoms with Crippen molar-refractivity contribution in [3.8, 4) is 6.07 Å². The third-order valence-corrected chi connectivity index (χ3v) is 2.59. The van der Waals surface area contributed by atoms with E-state index in [0.717, 1.165) is 11.0 Å². The Bertz CT molecular complexity index is 587. The van der Waals surface area contributed by atoms with Crippen LogP contribution in [-0.2, 0) is 9.59 Å². The van der Waals surface area contributed by atoms with Crippen LogP contribution in [-0.4, -0.2) is 16.7 Å². The summed E-state index contributed by atoms with van der Waals surface area (Å²) >= 11 is 0. The van der Waals surface area contributed by atoms with Gasteiger partial charge in [0.25, 0.3) is 5.69 Å². The molecule has 0 N–H and O–H groups in total. The Morgan fingerprint density at radius 2 is 1.89 bits per heavy atom. The van der Waals surface area contributed by atoms with Gasteiger partial charge in [0.1, 0.15) is 5.69 Å². The van der Waals surface area contributed by atoms with E-state index in [1.807, 2.05) is 0 Å². The summed E-state index contributed by atoms with van der Waals surface area (Å²) in [4.78, 5) is 34.1. The molecule has 0 aromatic heterocycles. The zero-order chi connectivity index (χ0) is 13.3. The highest BCUT2D eigenvalue weighted by Gasteiger charge is 2.34. The monoisotopic (exact) mass is 245 g/mol. The van der Waals surface area contributed by atoms with Crippen LogP contribution in [0.15, 0.2) is 18.2 Å². The zero-order valence-corrected chi connectivity index (χ0v) is 9.12. The number of rotatable bonds is 2. The molecule has 0 saturated carbocycles. The number of benzene rings is 1. The maximum Gasteiger partial charge on any atom is 0.294 e. The third-order valence-electron chi connectivity index (χ3n) is 2.59. The molecule has 2 amide bonds. The Kier molecular flexibility index (Phi) is 2.77. The molecule has 1 aromatic rings. The Morgan fingerprint density at radius 3 is 2.39 bits per heavy atom. The summed E-state index contributed by atoms with van der Waals surface area (Å²) in [7, 11) is 0. The molecule has 7 nitrogen and oxygen atoms in total. The van der Waals surface area contributed by atoms with E-state index in [-0.39, 0.29) is 24.1 Å². The highest BCUT2D eigenvalue weighted by molar-refractivity contribution is 6.20. The van der Waals surface area contributed by atoms with Crippen LogP contribution in [0.2, 0.25) is 0 Å². The summed E-state index contributed by atoms with van der Waals surface area (Å²) in [5.74, 6) is -0.930. The average Bonchev–Trinajstić information content (AvgIpc) is 2.68. The summed E-state index contributed by atoms with van der Waals surface area (Å²) in [6.45, 7) is 0. The maximum atomic E-state index is 11.5. The van der Waals surface area contributed by atoms with Gasteiger partial charge in [-0.05, 0) is 12.1 Å². The number of carbonyl (C=O) groups excluding carboxylic acids is 2. The smallest absolute Gasteiger partial charge is 0.274 e. The highest BCUT2D eigenvalue weighted by Crippen LogP contribution is 2.32. The van der Waals surface area contributed by atoms with Crippen LogP contribution >= 0.6 is 0 Å². The molecule has 0 unspecified atom stereocenters. The first kappa shape index (κ1) is 11.7. The lowest BCUT2D eigenvalue weighted by Gasteiger charge is -2.13. The molecule has 1 aliphatic rings. The number of carbonyl (C=O) groups is 2. The first-order valence-electron chi connectivity index (χ1n) is 5.09. The van der Waals surface area contributed by atoms with Gasteiger partial charge in [0, 0.05) is 18.9 Å². The molecule has 0 aliphatic carbocycles. The largest absolute Gasteiger partial charge is 0.294 e. The second-order valence-corrected chi connectivity index (χ2v) is 3.70. The van der Waals surface area contributed by atoms with Crippen LogP contribution < -0.4 is 4.90 Å². The maximum absolute atomic E-state index is 11.5. The van der Waals surface area contributed by atoms with E-state index in [1.165, 1.54) is 12.1 Å². The topological polar surface area (TPSA) is 104 Å². The van der Waals surface area contributed by atoms with Gasteiger partial charge in [0.15, 0.2) is 0 Å². The molecule has 18 heavy (non-hydrogen) atoms. The fourth-order valence-corrected chi connectivity index (χ4v) is 1.77. The average molecular weight is 245 g/mol. The highest BCUT2D eigenvalue weighted by atomic mass is 16.6.